The SMILES string of the molecule is Nc1ccc(OCCOCCOCCOCCOCCNc2cccc3nnn(C4CCC(=O)NC4=O)c(=O)c23)cc1. The van der Waals surface area contributed by atoms with Crippen molar-refractivity contribution < 1.29 is 33.3 Å². The normalized spacial score (nSPS) is 15.1. The Hall–Kier alpha value is -4.11. The number of aromatic nitrogens is 3. The number of carbonyl (C=O) groups is 2. The smallest absolute Gasteiger partial charge is 0.280 e. The maximum absolute atomic E-state index is 13.2. The summed E-state index contributed by atoms with van der Waals surface area (Å²) in [6.45, 7) is 4.38. The van der Waals surface area contributed by atoms with Crippen molar-refractivity contribution in [2.45, 2.75) is 18.9 Å². The van der Waals surface area contributed by atoms with Crippen LogP contribution in [0, 0.1) is 0 Å². The molecule has 1 unspecified atom stereocenters. The predicted octanol–water partition coefficient (Wildman–Crippen LogP) is 0.909. The third kappa shape index (κ3) is 9.21. The number of fused-ring (bicyclic) bond motifs is 1. The average Bonchev–Trinajstić information content (AvgIpc) is 2.98. The molecule has 0 radical (unpaired) electrons. The maximum Gasteiger partial charge on any atom is 0.280 e. The first kappa shape index (κ1) is 30.8. The first-order chi connectivity index (χ1) is 20.5. The molecule has 0 aliphatic carbocycles. The van der Waals surface area contributed by atoms with Crippen molar-refractivity contribution in [1.29, 1.82) is 0 Å². The van der Waals surface area contributed by atoms with Crippen molar-refractivity contribution in [2.75, 3.05) is 77.1 Å². The first-order valence-electron chi connectivity index (χ1n) is 13.8. The summed E-state index contributed by atoms with van der Waals surface area (Å²) >= 11 is 0. The summed E-state index contributed by atoms with van der Waals surface area (Å²) in [4.78, 5) is 36.9. The molecule has 1 aliphatic rings. The zero-order valence-corrected chi connectivity index (χ0v) is 23.3. The lowest BCUT2D eigenvalue weighted by Gasteiger charge is -2.21. The molecule has 4 N–H and O–H groups in total. The molecule has 1 aliphatic heterocycles. The number of anilines is 2. The molecule has 2 aromatic carbocycles. The van der Waals surface area contributed by atoms with E-state index in [-0.39, 0.29) is 18.7 Å². The zero-order chi connectivity index (χ0) is 29.6. The fourth-order valence-corrected chi connectivity index (χ4v) is 4.17. The lowest BCUT2D eigenvalue weighted by atomic mass is 10.1. The largest absolute Gasteiger partial charge is 0.491 e. The maximum atomic E-state index is 13.2. The molecule has 3 aromatic rings. The molecule has 0 bridgehead atoms. The van der Waals surface area contributed by atoms with Crippen LogP contribution in [0.4, 0.5) is 11.4 Å². The van der Waals surface area contributed by atoms with Gasteiger partial charge in [-0.25, -0.2) is 0 Å². The summed E-state index contributed by atoms with van der Waals surface area (Å²) in [6.07, 6.45) is 0.327. The van der Waals surface area contributed by atoms with E-state index in [1.807, 2.05) is 12.1 Å². The van der Waals surface area contributed by atoms with Gasteiger partial charge in [0.2, 0.25) is 5.91 Å². The standard InChI is InChI=1S/C28H36N6O8/c29-20-4-6-21(7-5-20)42-19-18-41-17-16-40-15-14-39-13-12-38-11-10-30-22-2-1-3-23-26(22)28(37)34(33-32-23)24-8-9-25(35)31-27(24)36/h1-7,24,30H,8-19,29H2,(H,31,35,36). The molecule has 42 heavy (non-hydrogen) atoms. The monoisotopic (exact) mass is 584 g/mol. The highest BCUT2D eigenvalue weighted by molar-refractivity contribution is 5.99. The number of ether oxygens (including phenoxy) is 5. The van der Waals surface area contributed by atoms with Gasteiger partial charge in [-0.15, -0.1) is 5.10 Å². The second-order valence-electron chi connectivity index (χ2n) is 9.30. The lowest BCUT2D eigenvalue weighted by molar-refractivity contribution is -0.136. The molecule has 14 heteroatoms. The van der Waals surface area contributed by atoms with Gasteiger partial charge < -0.3 is 34.7 Å². The molecule has 4 rings (SSSR count). The minimum atomic E-state index is -0.881. The zero-order valence-electron chi connectivity index (χ0n) is 23.3. The number of imide groups is 1. The summed E-state index contributed by atoms with van der Waals surface area (Å²) in [5.41, 5.74) is 6.84. The fraction of sp³-hybridized carbons (Fsp3) is 0.464. The second kappa shape index (κ2) is 16.4. The quantitative estimate of drug-likeness (QED) is 0.110. The van der Waals surface area contributed by atoms with Gasteiger partial charge in [-0.3, -0.25) is 19.7 Å². The number of carbonyl (C=O) groups excluding carboxylic acids is 2. The Balaban J connectivity index is 1.04. The molecule has 2 amide bonds. The highest BCUT2D eigenvalue weighted by Gasteiger charge is 2.30. The Kier molecular flexibility index (Phi) is 12.0. The minimum Gasteiger partial charge on any atom is -0.491 e. The van der Waals surface area contributed by atoms with Crippen LogP contribution < -0.4 is 26.7 Å². The second-order valence-corrected chi connectivity index (χ2v) is 9.30. The van der Waals surface area contributed by atoms with Gasteiger partial charge in [0.25, 0.3) is 11.5 Å². The minimum absolute atomic E-state index is 0.134. The molecule has 1 aromatic heterocycles. The van der Waals surface area contributed by atoms with Crippen LogP contribution >= 0.6 is 0 Å². The molecule has 0 saturated carbocycles. The van der Waals surface area contributed by atoms with E-state index in [9.17, 15) is 14.4 Å². The Labute approximate surface area is 242 Å². The summed E-state index contributed by atoms with van der Waals surface area (Å²) < 4.78 is 28.6. The predicted molar refractivity (Wildman–Crippen MR) is 153 cm³/mol. The van der Waals surface area contributed by atoms with Crippen LogP contribution in [0.25, 0.3) is 10.9 Å². The third-order valence-electron chi connectivity index (χ3n) is 6.27. The summed E-state index contributed by atoms with van der Waals surface area (Å²) in [6, 6.07) is 11.5. The van der Waals surface area contributed by atoms with Gasteiger partial charge in [0.15, 0.2) is 0 Å². The highest BCUT2D eigenvalue weighted by atomic mass is 16.6. The van der Waals surface area contributed by atoms with Crippen LogP contribution in [0.3, 0.4) is 0 Å². The van der Waals surface area contributed by atoms with Crippen molar-refractivity contribution in [3.05, 3.63) is 52.8 Å². The van der Waals surface area contributed by atoms with Crippen LogP contribution in [0.2, 0.25) is 0 Å². The number of nitrogens with zero attached hydrogens (tertiary/aromatic N) is 3. The molecular weight excluding hydrogens is 548 g/mol. The average molecular weight is 585 g/mol. The van der Waals surface area contributed by atoms with Crippen molar-refractivity contribution in [3.8, 4) is 5.75 Å². The molecule has 1 fully saturated rings. The van der Waals surface area contributed by atoms with Gasteiger partial charge in [-0.2, -0.15) is 4.68 Å². The number of benzene rings is 2. The van der Waals surface area contributed by atoms with Gasteiger partial charge in [0.05, 0.1) is 58.2 Å². The van der Waals surface area contributed by atoms with Gasteiger partial charge in [-0.1, -0.05) is 11.3 Å². The number of hydrogen-bond donors (Lipinski definition) is 3. The van der Waals surface area contributed by atoms with Crippen LogP contribution in [-0.4, -0.2) is 92.8 Å². The van der Waals surface area contributed by atoms with Crippen molar-refractivity contribution in [1.82, 2.24) is 20.3 Å². The van der Waals surface area contributed by atoms with E-state index in [2.05, 4.69) is 20.9 Å². The van der Waals surface area contributed by atoms with Crippen LogP contribution in [0.15, 0.2) is 47.3 Å². The number of nitrogens with one attached hydrogen (secondary N) is 2. The first-order valence-corrected chi connectivity index (χ1v) is 13.8. The number of hydrogen-bond acceptors (Lipinski definition) is 12. The highest BCUT2D eigenvalue weighted by Crippen LogP contribution is 2.20. The van der Waals surface area contributed by atoms with Gasteiger partial charge in [0.1, 0.15) is 23.9 Å². The van der Waals surface area contributed by atoms with Crippen molar-refractivity contribution in [2.24, 2.45) is 0 Å². The van der Waals surface area contributed by atoms with Crippen molar-refractivity contribution in [3.63, 3.8) is 0 Å². The third-order valence-corrected chi connectivity index (χ3v) is 6.27. The number of nitrogens with two attached hydrogens (primary N) is 1. The Morgan fingerprint density at radius 2 is 1.50 bits per heavy atom. The number of amides is 2. The van der Waals surface area contributed by atoms with E-state index in [0.29, 0.717) is 88.3 Å². The van der Waals surface area contributed by atoms with Gasteiger partial charge >= 0.3 is 0 Å². The van der Waals surface area contributed by atoms with E-state index < -0.39 is 17.5 Å². The molecule has 1 atom stereocenters. The molecule has 1 saturated heterocycles. The van der Waals surface area contributed by atoms with E-state index in [0.717, 1.165) is 10.4 Å². The van der Waals surface area contributed by atoms with Gasteiger partial charge in [-0.05, 0) is 42.8 Å². The Morgan fingerprint density at radius 1 is 0.857 bits per heavy atom. The van der Waals surface area contributed by atoms with E-state index in [4.69, 9.17) is 29.4 Å². The number of piperidine rings is 1. The topological polar surface area (TPSA) is 178 Å². The van der Waals surface area contributed by atoms with Crippen LogP contribution in [0.1, 0.15) is 18.9 Å². The molecule has 14 nitrogen and oxygen atoms in total. The molecular formula is C28H36N6O8. The van der Waals surface area contributed by atoms with Crippen LogP contribution in [0.5, 0.6) is 5.75 Å². The lowest BCUT2D eigenvalue weighted by Crippen LogP contribution is -2.45. The Morgan fingerprint density at radius 3 is 2.17 bits per heavy atom. The number of rotatable bonds is 18. The van der Waals surface area contributed by atoms with E-state index in [1.54, 1.807) is 30.3 Å². The Bertz CT molecular complexity index is 1370. The summed E-state index contributed by atoms with van der Waals surface area (Å²) in [5, 5.41) is 13.8. The summed E-state index contributed by atoms with van der Waals surface area (Å²) in [5.74, 6) is -0.175. The van der Waals surface area contributed by atoms with Crippen molar-refractivity contribution >= 4 is 34.1 Å². The molecule has 2 heterocycles. The fourth-order valence-electron chi connectivity index (χ4n) is 4.17. The summed E-state index contributed by atoms with van der Waals surface area (Å²) in [7, 11) is 0. The van der Waals surface area contributed by atoms with E-state index in [1.165, 1.54) is 0 Å². The number of nitrogen functional groups attached to an aromatic ring is 1. The van der Waals surface area contributed by atoms with E-state index >= 15 is 0 Å². The molecule has 0 spiro atoms. The van der Waals surface area contributed by atoms with Crippen LogP contribution in [-0.2, 0) is 28.5 Å². The molecule has 226 valence electrons. The van der Waals surface area contributed by atoms with Gasteiger partial charge in [0, 0.05) is 24.3 Å².